The smallest absolute Gasteiger partial charge is 0.0555 e. The largest absolute Gasteiger partial charge is 0.393 e. The first-order valence-electron chi connectivity index (χ1n) is 7.76. The van der Waals surface area contributed by atoms with Gasteiger partial charge in [0, 0.05) is 18.6 Å². The predicted octanol–water partition coefficient (Wildman–Crippen LogP) is 3.54. The molecule has 0 bridgehead atoms. The molecule has 1 fully saturated rings. The van der Waals surface area contributed by atoms with E-state index < -0.39 is 0 Å². The van der Waals surface area contributed by atoms with Crippen LogP contribution in [-0.2, 0) is 0 Å². The molecule has 1 N–H and O–H groups in total. The average molecular weight is 255 g/mol. The lowest BCUT2D eigenvalue weighted by Crippen LogP contribution is -2.51. The summed E-state index contributed by atoms with van der Waals surface area (Å²) in [7, 11) is 0. The van der Waals surface area contributed by atoms with Gasteiger partial charge in [-0.1, -0.05) is 27.7 Å². The third kappa shape index (κ3) is 4.24. The number of hydrogen-bond acceptors (Lipinski definition) is 2. The van der Waals surface area contributed by atoms with Crippen molar-refractivity contribution in [3.63, 3.8) is 0 Å². The first-order chi connectivity index (χ1) is 8.32. The molecule has 0 aromatic carbocycles. The fraction of sp³-hybridized carbons (Fsp3) is 1.00. The third-order valence-electron chi connectivity index (χ3n) is 4.36. The molecule has 0 saturated heterocycles. The number of rotatable bonds is 5. The Morgan fingerprint density at radius 1 is 1.06 bits per heavy atom. The van der Waals surface area contributed by atoms with Crippen LogP contribution in [0.3, 0.4) is 0 Å². The van der Waals surface area contributed by atoms with Gasteiger partial charge in [-0.25, -0.2) is 0 Å². The molecule has 0 aromatic rings. The average Bonchev–Trinajstić information content (AvgIpc) is 2.24. The van der Waals surface area contributed by atoms with Crippen molar-refractivity contribution in [2.75, 3.05) is 6.54 Å². The predicted molar refractivity (Wildman–Crippen MR) is 78.7 cm³/mol. The van der Waals surface area contributed by atoms with Gasteiger partial charge in [0.25, 0.3) is 0 Å². The Labute approximate surface area is 114 Å². The van der Waals surface area contributed by atoms with Crippen molar-refractivity contribution in [2.24, 2.45) is 17.8 Å². The summed E-state index contributed by atoms with van der Waals surface area (Å²) in [5, 5.41) is 10.0. The van der Waals surface area contributed by atoms with E-state index in [1.165, 1.54) is 6.42 Å². The van der Waals surface area contributed by atoms with E-state index in [2.05, 4.69) is 46.4 Å². The van der Waals surface area contributed by atoms with Gasteiger partial charge >= 0.3 is 0 Å². The zero-order valence-corrected chi connectivity index (χ0v) is 13.2. The molecule has 0 aromatic heterocycles. The van der Waals surface area contributed by atoms with Crippen LogP contribution in [0.2, 0.25) is 0 Å². The lowest BCUT2D eigenvalue weighted by atomic mass is 9.75. The van der Waals surface area contributed by atoms with Crippen LogP contribution in [0.25, 0.3) is 0 Å². The van der Waals surface area contributed by atoms with Crippen molar-refractivity contribution in [3.8, 4) is 0 Å². The van der Waals surface area contributed by atoms with E-state index >= 15 is 0 Å². The highest BCUT2D eigenvalue weighted by Gasteiger charge is 2.36. The minimum Gasteiger partial charge on any atom is -0.393 e. The molecule has 108 valence electrons. The SMILES string of the molecule is CC(C)CN(C(C)C)C1CC(O)CCC1C(C)C. The van der Waals surface area contributed by atoms with Crippen molar-refractivity contribution in [3.05, 3.63) is 0 Å². The molecular weight excluding hydrogens is 222 g/mol. The second kappa shape index (κ2) is 6.91. The van der Waals surface area contributed by atoms with Crippen LogP contribution in [0.1, 0.15) is 60.8 Å². The van der Waals surface area contributed by atoms with E-state index in [-0.39, 0.29) is 6.10 Å². The maximum absolute atomic E-state index is 10.0. The van der Waals surface area contributed by atoms with Crippen molar-refractivity contribution in [1.82, 2.24) is 4.90 Å². The maximum atomic E-state index is 10.0. The van der Waals surface area contributed by atoms with Crippen LogP contribution in [0.4, 0.5) is 0 Å². The van der Waals surface area contributed by atoms with Gasteiger partial charge in [0.15, 0.2) is 0 Å². The van der Waals surface area contributed by atoms with Gasteiger partial charge in [-0.05, 0) is 50.9 Å². The van der Waals surface area contributed by atoms with Gasteiger partial charge in [0.05, 0.1) is 6.10 Å². The Hall–Kier alpha value is -0.0800. The number of aliphatic hydroxyl groups excluding tert-OH is 1. The van der Waals surface area contributed by atoms with Gasteiger partial charge in [-0.15, -0.1) is 0 Å². The second-order valence-electron chi connectivity index (χ2n) is 7.13. The first-order valence-corrected chi connectivity index (χ1v) is 7.76. The van der Waals surface area contributed by atoms with Crippen LogP contribution >= 0.6 is 0 Å². The summed E-state index contributed by atoms with van der Waals surface area (Å²) in [6.07, 6.45) is 3.06. The quantitative estimate of drug-likeness (QED) is 0.812. The highest BCUT2D eigenvalue weighted by molar-refractivity contribution is 4.89. The summed E-state index contributed by atoms with van der Waals surface area (Å²) in [5.41, 5.74) is 0. The molecule has 18 heavy (non-hydrogen) atoms. The lowest BCUT2D eigenvalue weighted by molar-refractivity contribution is -0.00634. The maximum Gasteiger partial charge on any atom is 0.0555 e. The summed E-state index contributed by atoms with van der Waals surface area (Å²) < 4.78 is 0. The molecule has 2 heteroatoms. The zero-order valence-electron chi connectivity index (χ0n) is 13.2. The van der Waals surface area contributed by atoms with Gasteiger partial charge in [-0.2, -0.15) is 0 Å². The molecule has 0 aliphatic heterocycles. The van der Waals surface area contributed by atoms with E-state index in [0.717, 1.165) is 31.2 Å². The number of aliphatic hydroxyl groups is 1. The van der Waals surface area contributed by atoms with Gasteiger partial charge in [0.2, 0.25) is 0 Å². The Kier molecular flexibility index (Phi) is 6.13. The van der Waals surface area contributed by atoms with Crippen LogP contribution in [0.15, 0.2) is 0 Å². The normalized spacial score (nSPS) is 29.8. The van der Waals surface area contributed by atoms with Crippen molar-refractivity contribution in [2.45, 2.75) is 79.0 Å². The topological polar surface area (TPSA) is 23.5 Å². The van der Waals surface area contributed by atoms with E-state index in [4.69, 9.17) is 0 Å². The summed E-state index contributed by atoms with van der Waals surface area (Å²) in [5.74, 6) is 2.16. The molecule has 1 rings (SSSR count). The molecule has 0 radical (unpaired) electrons. The summed E-state index contributed by atoms with van der Waals surface area (Å²) in [6, 6.07) is 1.14. The van der Waals surface area contributed by atoms with Crippen molar-refractivity contribution in [1.29, 1.82) is 0 Å². The Bertz CT molecular complexity index is 237. The molecule has 0 amide bonds. The van der Waals surface area contributed by atoms with E-state index in [1.807, 2.05) is 0 Å². The van der Waals surface area contributed by atoms with Gasteiger partial charge < -0.3 is 5.11 Å². The highest BCUT2D eigenvalue weighted by atomic mass is 16.3. The molecule has 1 aliphatic rings. The number of hydrogen-bond donors (Lipinski definition) is 1. The van der Waals surface area contributed by atoms with Crippen LogP contribution in [0.5, 0.6) is 0 Å². The van der Waals surface area contributed by atoms with Gasteiger partial charge in [0.1, 0.15) is 0 Å². The number of nitrogens with zero attached hydrogens (tertiary/aromatic N) is 1. The molecule has 3 atom stereocenters. The highest BCUT2D eigenvalue weighted by Crippen LogP contribution is 2.35. The molecule has 2 nitrogen and oxygen atoms in total. The van der Waals surface area contributed by atoms with Crippen molar-refractivity contribution < 1.29 is 5.11 Å². The summed E-state index contributed by atoms with van der Waals surface area (Å²) >= 11 is 0. The van der Waals surface area contributed by atoms with E-state index in [0.29, 0.717) is 18.0 Å². The second-order valence-corrected chi connectivity index (χ2v) is 7.13. The standard InChI is InChI=1S/C16H33NO/c1-11(2)10-17(13(5)6)16-9-14(18)7-8-15(16)12(3)4/h11-16,18H,7-10H2,1-6H3. The zero-order chi connectivity index (χ0) is 13.9. The molecule has 3 unspecified atom stereocenters. The Balaban J connectivity index is 2.82. The van der Waals surface area contributed by atoms with Gasteiger partial charge in [-0.3, -0.25) is 4.90 Å². The monoisotopic (exact) mass is 255 g/mol. The molecule has 1 saturated carbocycles. The molecule has 0 heterocycles. The molecular formula is C16H33NO. The Morgan fingerprint density at radius 3 is 2.11 bits per heavy atom. The van der Waals surface area contributed by atoms with Crippen LogP contribution < -0.4 is 0 Å². The summed E-state index contributed by atoms with van der Waals surface area (Å²) in [4.78, 5) is 2.64. The lowest BCUT2D eigenvalue weighted by Gasteiger charge is -2.46. The first kappa shape index (κ1) is 16.0. The molecule has 0 spiro atoms. The summed E-state index contributed by atoms with van der Waals surface area (Å²) in [6.45, 7) is 15.0. The van der Waals surface area contributed by atoms with Crippen LogP contribution in [0, 0.1) is 17.8 Å². The molecule has 1 aliphatic carbocycles. The fourth-order valence-electron chi connectivity index (χ4n) is 3.46. The van der Waals surface area contributed by atoms with E-state index in [1.54, 1.807) is 0 Å². The Morgan fingerprint density at radius 2 is 1.67 bits per heavy atom. The van der Waals surface area contributed by atoms with Crippen LogP contribution in [-0.4, -0.2) is 34.7 Å². The van der Waals surface area contributed by atoms with E-state index in [9.17, 15) is 5.11 Å². The van der Waals surface area contributed by atoms with Crippen molar-refractivity contribution >= 4 is 0 Å². The third-order valence-corrected chi connectivity index (χ3v) is 4.36. The fourth-order valence-corrected chi connectivity index (χ4v) is 3.46. The minimum atomic E-state index is -0.0848. The minimum absolute atomic E-state index is 0.0848.